The highest BCUT2D eigenvalue weighted by atomic mass is 16.5. The second kappa shape index (κ2) is 11.7. The van der Waals surface area contributed by atoms with Crippen LogP contribution in [0, 0.1) is 5.92 Å². The van der Waals surface area contributed by atoms with E-state index in [0.717, 1.165) is 70.8 Å². The van der Waals surface area contributed by atoms with Crippen molar-refractivity contribution in [2.24, 2.45) is 5.92 Å². The average molecular weight is 418 g/mol. The van der Waals surface area contributed by atoms with E-state index in [4.69, 9.17) is 4.74 Å². The van der Waals surface area contributed by atoms with Gasteiger partial charge in [0.05, 0.1) is 19.8 Å². The van der Waals surface area contributed by atoms with E-state index in [2.05, 4.69) is 34.9 Å². The molecule has 0 spiro atoms. The van der Waals surface area contributed by atoms with Gasteiger partial charge in [0.2, 0.25) is 5.91 Å². The zero-order valence-electron chi connectivity index (χ0n) is 18.8. The van der Waals surface area contributed by atoms with Crippen LogP contribution in [0.1, 0.15) is 38.2 Å². The van der Waals surface area contributed by atoms with Gasteiger partial charge in [0.1, 0.15) is 5.75 Å². The molecular weight excluding hydrogens is 378 g/mol. The van der Waals surface area contributed by atoms with Crippen LogP contribution in [0.4, 0.5) is 0 Å². The predicted octanol–water partition coefficient (Wildman–Crippen LogP) is 2.25. The number of aliphatic hydroxyl groups excluding tert-OH is 1. The summed E-state index contributed by atoms with van der Waals surface area (Å²) in [4.78, 5) is 19.6. The number of amides is 1. The summed E-state index contributed by atoms with van der Waals surface area (Å²) in [5, 5.41) is 9.67. The molecule has 6 heteroatoms. The number of carbonyl (C=O) groups is 1. The monoisotopic (exact) mass is 417 g/mol. The first-order valence-corrected chi connectivity index (χ1v) is 11.6. The highest BCUT2D eigenvalue weighted by Crippen LogP contribution is 2.20. The van der Waals surface area contributed by atoms with Crippen LogP contribution >= 0.6 is 0 Å². The van der Waals surface area contributed by atoms with E-state index < -0.39 is 0 Å². The van der Waals surface area contributed by atoms with Crippen molar-refractivity contribution in [3.05, 3.63) is 29.8 Å². The number of likely N-dealkylation sites (N-methyl/N-ethyl adjacent to an activating group) is 1. The third kappa shape index (κ3) is 6.96. The lowest BCUT2D eigenvalue weighted by atomic mass is 9.96. The molecule has 0 aromatic heterocycles. The van der Waals surface area contributed by atoms with Gasteiger partial charge >= 0.3 is 0 Å². The molecule has 0 bridgehead atoms. The quantitative estimate of drug-likeness (QED) is 0.668. The molecule has 6 nitrogen and oxygen atoms in total. The molecule has 3 rings (SSSR count). The maximum Gasteiger partial charge on any atom is 0.236 e. The zero-order chi connectivity index (χ0) is 21.3. The van der Waals surface area contributed by atoms with E-state index in [1.165, 1.54) is 18.4 Å². The summed E-state index contributed by atoms with van der Waals surface area (Å²) >= 11 is 0. The Hall–Kier alpha value is -1.63. The number of hydrogen-bond acceptors (Lipinski definition) is 5. The van der Waals surface area contributed by atoms with Crippen molar-refractivity contribution >= 4 is 5.91 Å². The number of benzene rings is 1. The molecule has 2 fully saturated rings. The number of rotatable bonds is 9. The molecule has 1 amide bonds. The molecule has 1 N–H and O–H groups in total. The smallest absolute Gasteiger partial charge is 0.236 e. The third-order valence-electron chi connectivity index (χ3n) is 6.58. The van der Waals surface area contributed by atoms with E-state index in [1.807, 2.05) is 11.0 Å². The van der Waals surface area contributed by atoms with Crippen molar-refractivity contribution in [1.29, 1.82) is 0 Å². The number of aliphatic hydroxyl groups is 1. The van der Waals surface area contributed by atoms with E-state index in [-0.39, 0.29) is 12.0 Å². The Kier molecular flexibility index (Phi) is 8.97. The van der Waals surface area contributed by atoms with E-state index in [9.17, 15) is 9.90 Å². The number of nitrogens with zero attached hydrogens (tertiary/aromatic N) is 3. The average Bonchev–Trinajstić information content (AvgIpc) is 2.78. The second-order valence-electron chi connectivity index (χ2n) is 8.85. The van der Waals surface area contributed by atoms with Gasteiger partial charge in [0.25, 0.3) is 0 Å². The Bertz CT molecular complexity index is 661. The fourth-order valence-corrected chi connectivity index (χ4v) is 4.71. The van der Waals surface area contributed by atoms with Crippen molar-refractivity contribution in [1.82, 2.24) is 14.7 Å². The SMILES string of the molecule is CCN(C[C@H]1CCCN(CCc2cccc(OC)c2)C1)C(=O)CN1CCC(O)CC1. The minimum Gasteiger partial charge on any atom is -0.497 e. The topological polar surface area (TPSA) is 56.2 Å². The molecular formula is C24H39N3O3. The molecule has 2 aliphatic heterocycles. The Morgan fingerprint density at radius 3 is 2.73 bits per heavy atom. The van der Waals surface area contributed by atoms with Gasteiger partial charge in [-0.25, -0.2) is 0 Å². The van der Waals surface area contributed by atoms with Crippen LogP contribution in [-0.2, 0) is 11.2 Å². The first-order valence-electron chi connectivity index (χ1n) is 11.6. The van der Waals surface area contributed by atoms with Gasteiger partial charge in [-0.2, -0.15) is 0 Å². The van der Waals surface area contributed by atoms with Crippen molar-refractivity contribution in [3.63, 3.8) is 0 Å². The lowest BCUT2D eigenvalue weighted by Gasteiger charge is -2.36. The molecule has 1 atom stereocenters. The van der Waals surface area contributed by atoms with Gasteiger partial charge in [0.15, 0.2) is 0 Å². The number of carbonyl (C=O) groups excluding carboxylic acids is 1. The highest BCUT2D eigenvalue weighted by Gasteiger charge is 2.25. The van der Waals surface area contributed by atoms with Gasteiger partial charge in [-0.15, -0.1) is 0 Å². The fourth-order valence-electron chi connectivity index (χ4n) is 4.71. The molecule has 2 heterocycles. The maximum absolute atomic E-state index is 12.8. The Balaban J connectivity index is 1.44. The highest BCUT2D eigenvalue weighted by molar-refractivity contribution is 5.78. The maximum atomic E-state index is 12.8. The minimum absolute atomic E-state index is 0.191. The Morgan fingerprint density at radius 2 is 2.00 bits per heavy atom. The van der Waals surface area contributed by atoms with Crippen molar-refractivity contribution in [3.8, 4) is 5.75 Å². The molecule has 168 valence electrons. The number of piperidine rings is 2. The fraction of sp³-hybridized carbons (Fsp3) is 0.708. The summed E-state index contributed by atoms with van der Waals surface area (Å²) in [6, 6.07) is 8.34. The molecule has 0 aliphatic carbocycles. The van der Waals surface area contributed by atoms with Crippen LogP contribution in [-0.4, -0.2) is 91.3 Å². The summed E-state index contributed by atoms with van der Waals surface area (Å²) < 4.78 is 5.33. The first-order chi connectivity index (χ1) is 14.6. The summed E-state index contributed by atoms with van der Waals surface area (Å²) in [5.74, 6) is 1.71. The number of ether oxygens (including phenoxy) is 1. The minimum atomic E-state index is -0.191. The predicted molar refractivity (Wildman–Crippen MR) is 120 cm³/mol. The molecule has 0 unspecified atom stereocenters. The van der Waals surface area contributed by atoms with E-state index >= 15 is 0 Å². The summed E-state index contributed by atoms with van der Waals surface area (Å²) in [5.41, 5.74) is 1.31. The standard InChI is InChI=1S/C24H39N3O3/c1-3-27(24(29)19-26-14-10-22(28)11-15-26)18-21-7-5-12-25(17-21)13-9-20-6-4-8-23(16-20)30-2/h4,6,8,16,21-22,28H,3,5,7,9-15,17-19H2,1-2H3/t21-/m0/s1. The molecule has 0 saturated carbocycles. The van der Waals surface area contributed by atoms with Gasteiger partial charge in [0, 0.05) is 39.3 Å². The Labute approximate surface area is 181 Å². The molecule has 2 saturated heterocycles. The second-order valence-corrected chi connectivity index (χ2v) is 8.85. The third-order valence-corrected chi connectivity index (χ3v) is 6.58. The van der Waals surface area contributed by atoms with Crippen LogP contribution in [0.25, 0.3) is 0 Å². The molecule has 2 aliphatic rings. The number of methoxy groups -OCH3 is 1. The van der Waals surface area contributed by atoms with E-state index in [0.29, 0.717) is 12.5 Å². The van der Waals surface area contributed by atoms with Gasteiger partial charge in [-0.1, -0.05) is 12.1 Å². The summed E-state index contributed by atoms with van der Waals surface area (Å²) in [6.45, 7) is 9.14. The lowest BCUT2D eigenvalue weighted by Crippen LogP contribution is -2.47. The first kappa shape index (κ1) is 23.0. The van der Waals surface area contributed by atoms with Crippen molar-refractivity contribution in [2.75, 3.05) is 59.5 Å². The van der Waals surface area contributed by atoms with Crippen molar-refractivity contribution < 1.29 is 14.6 Å². The van der Waals surface area contributed by atoms with Crippen LogP contribution in [0.3, 0.4) is 0 Å². The normalized spacial score (nSPS) is 21.5. The van der Waals surface area contributed by atoms with Crippen molar-refractivity contribution in [2.45, 2.75) is 45.1 Å². The van der Waals surface area contributed by atoms with Crippen LogP contribution in [0.15, 0.2) is 24.3 Å². The molecule has 0 radical (unpaired) electrons. The number of hydrogen-bond donors (Lipinski definition) is 1. The molecule has 30 heavy (non-hydrogen) atoms. The lowest BCUT2D eigenvalue weighted by molar-refractivity contribution is -0.133. The summed E-state index contributed by atoms with van der Waals surface area (Å²) in [6.07, 6.45) is 4.81. The van der Waals surface area contributed by atoms with Gasteiger partial charge in [-0.3, -0.25) is 9.69 Å². The van der Waals surface area contributed by atoms with Gasteiger partial charge in [-0.05, 0) is 69.2 Å². The van der Waals surface area contributed by atoms with Crippen LogP contribution < -0.4 is 4.74 Å². The number of likely N-dealkylation sites (tertiary alicyclic amines) is 2. The molecule has 1 aromatic carbocycles. The summed E-state index contributed by atoms with van der Waals surface area (Å²) in [7, 11) is 1.71. The zero-order valence-corrected chi connectivity index (χ0v) is 18.8. The largest absolute Gasteiger partial charge is 0.497 e. The van der Waals surface area contributed by atoms with Crippen LogP contribution in [0.5, 0.6) is 5.75 Å². The Morgan fingerprint density at radius 1 is 1.20 bits per heavy atom. The van der Waals surface area contributed by atoms with E-state index in [1.54, 1.807) is 7.11 Å². The molecule has 1 aromatic rings. The van der Waals surface area contributed by atoms with Gasteiger partial charge < -0.3 is 19.6 Å². The van der Waals surface area contributed by atoms with Crippen LogP contribution in [0.2, 0.25) is 0 Å².